The largest absolute Gasteiger partial charge is 0.484 e. The maximum absolute atomic E-state index is 12.6. The lowest BCUT2D eigenvalue weighted by atomic mass is 9.90. The number of Topliss-reactive ketones (excluding diaryl/α,β-unsaturated/α-hetero) is 2. The predicted molar refractivity (Wildman–Crippen MR) is 104 cm³/mol. The second-order valence-corrected chi connectivity index (χ2v) is 8.46. The maximum Gasteiger partial charge on any atom is 0.243 e. The van der Waals surface area contributed by atoms with Crippen molar-refractivity contribution in [2.45, 2.75) is 18.4 Å². The fraction of sp³-hybridized carbons (Fsp3) is 0.500. The number of allylic oxidation sites excluding steroid dienone is 1. The van der Waals surface area contributed by atoms with E-state index in [0.29, 0.717) is 29.4 Å². The van der Waals surface area contributed by atoms with Gasteiger partial charge in [0, 0.05) is 48.5 Å². The van der Waals surface area contributed by atoms with E-state index in [1.54, 1.807) is 6.07 Å². The molecule has 0 saturated carbocycles. The summed E-state index contributed by atoms with van der Waals surface area (Å²) in [5.74, 6) is 0.494. The molecule has 3 aliphatic heterocycles. The van der Waals surface area contributed by atoms with Crippen molar-refractivity contribution >= 4 is 34.8 Å². The first-order valence-electron chi connectivity index (χ1n) is 9.50. The van der Waals surface area contributed by atoms with Crippen LogP contribution < -0.4 is 10.2 Å². The average Bonchev–Trinajstić information content (AvgIpc) is 2.73. The van der Waals surface area contributed by atoms with E-state index in [1.807, 2.05) is 12.1 Å². The Morgan fingerprint density at radius 1 is 1.04 bits per heavy atom. The zero-order chi connectivity index (χ0) is 18.4. The van der Waals surface area contributed by atoms with Gasteiger partial charge in [0.25, 0.3) is 0 Å². The van der Waals surface area contributed by atoms with Crippen molar-refractivity contribution in [1.82, 2.24) is 5.32 Å². The summed E-state index contributed by atoms with van der Waals surface area (Å²) < 4.78 is 12.0. The second-order valence-electron chi connectivity index (χ2n) is 7.47. The van der Waals surface area contributed by atoms with Crippen LogP contribution >= 0.6 is 11.8 Å². The van der Waals surface area contributed by atoms with Crippen molar-refractivity contribution in [3.63, 3.8) is 0 Å². The molecule has 0 unspecified atom stereocenters. The van der Waals surface area contributed by atoms with E-state index in [0.717, 1.165) is 56.0 Å². The van der Waals surface area contributed by atoms with Crippen LogP contribution in [0.15, 0.2) is 23.1 Å². The lowest BCUT2D eigenvalue weighted by Crippen LogP contribution is -2.48. The Morgan fingerprint density at radius 3 is 2.59 bits per heavy atom. The highest BCUT2D eigenvalue weighted by Gasteiger charge is 2.45. The first-order chi connectivity index (χ1) is 13.2. The predicted octanol–water partition coefficient (Wildman–Crippen LogP) is 1.84. The standard InChI is InChI=1S/C20H22N2O4S/c23-16-14-2-1-13(22-7-9-25-10-8-22)11-15(14)18-19(17(16)24)27-12-20(26-18)3-5-21-6-4-20/h1-2,11,21H,3-10,12H2. The van der Waals surface area contributed by atoms with E-state index in [2.05, 4.69) is 10.2 Å². The maximum atomic E-state index is 12.6. The molecule has 1 aromatic carbocycles. The third kappa shape index (κ3) is 2.88. The van der Waals surface area contributed by atoms with Crippen molar-refractivity contribution < 1.29 is 19.1 Å². The highest BCUT2D eigenvalue weighted by molar-refractivity contribution is 8.04. The van der Waals surface area contributed by atoms with Gasteiger partial charge >= 0.3 is 0 Å². The van der Waals surface area contributed by atoms with E-state index in [9.17, 15) is 9.59 Å². The van der Waals surface area contributed by atoms with Crippen molar-refractivity contribution in [3.8, 4) is 0 Å². The molecular weight excluding hydrogens is 364 g/mol. The Morgan fingerprint density at radius 2 is 1.81 bits per heavy atom. The molecule has 4 aliphatic rings. The highest BCUT2D eigenvalue weighted by atomic mass is 32.2. The molecule has 0 amide bonds. The van der Waals surface area contributed by atoms with Gasteiger partial charge in [0.1, 0.15) is 16.3 Å². The number of benzene rings is 1. The molecular formula is C20H22N2O4S. The molecule has 2 fully saturated rings. The van der Waals surface area contributed by atoms with Gasteiger partial charge in [-0.3, -0.25) is 9.59 Å². The number of piperidine rings is 1. The van der Waals surface area contributed by atoms with Gasteiger partial charge in [-0.25, -0.2) is 0 Å². The van der Waals surface area contributed by atoms with Gasteiger partial charge in [0.15, 0.2) is 0 Å². The van der Waals surface area contributed by atoms with E-state index >= 15 is 0 Å². The van der Waals surface area contributed by atoms with Crippen LogP contribution in [-0.2, 0) is 14.3 Å². The minimum Gasteiger partial charge on any atom is -0.484 e. The molecule has 0 radical (unpaired) electrons. The molecule has 27 heavy (non-hydrogen) atoms. The van der Waals surface area contributed by atoms with Gasteiger partial charge in [0.05, 0.1) is 13.2 Å². The van der Waals surface area contributed by atoms with Gasteiger partial charge in [0.2, 0.25) is 11.6 Å². The summed E-state index contributed by atoms with van der Waals surface area (Å²) in [6.07, 6.45) is 1.83. The van der Waals surface area contributed by atoms with Crippen LogP contribution in [0.25, 0.3) is 5.76 Å². The molecule has 5 rings (SSSR count). The SMILES string of the molecule is O=C1C(=O)c2ccc(N3CCOCC3)cc2C2=C1SCC1(CCNCC1)O2. The number of anilines is 1. The number of rotatable bonds is 1. The molecule has 1 N–H and O–H groups in total. The van der Waals surface area contributed by atoms with E-state index < -0.39 is 11.6 Å². The topological polar surface area (TPSA) is 67.9 Å². The Labute approximate surface area is 162 Å². The second kappa shape index (κ2) is 6.65. The first kappa shape index (κ1) is 17.3. The lowest BCUT2D eigenvalue weighted by molar-refractivity contribution is -0.111. The molecule has 1 aliphatic carbocycles. The third-order valence-electron chi connectivity index (χ3n) is 5.80. The molecule has 0 bridgehead atoms. The van der Waals surface area contributed by atoms with Crippen molar-refractivity contribution in [1.29, 1.82) is 0 Å². The van der Waals surface area contributed by atoms with Crippen LogP contribution in [0.1, 0.15) is 28.8 Å². The van der Waals surface area contributed by atoms with Gasteiger partial charge in [-0.05, 0) is 31.3 Å². The third-order valence-corrected chi connectivity index (χ3v) is 7.13. The molecule has 1 spiro atoms. The summed E-state index contributed by atoms with van der Waals surface area (Å²) in [6, 6.07) is 5.72. The minimum atomic E-state index is -0.426. The van der Waals surface area contributed by atoms with Crippen LogP contribution in [0.5, 0.6) is 0 Å². The minimum absolute atomic E-state index is 0.248. The number of hydrogen-bond acceptors (Lipinski definition) is 7. The normalized spacial score (nSPS) is 24.5. The van der Waals surface area contributed by atoms with Crippen LogP contribution in [0.3, 0.4) is 0 Å². The summed E-state index contributed by atoms with van der Waals surface area (Å²) in [5, 5.41) is 3.37. The zero-order valence-electron chi connectivity index (χ0n) is 15.1. The molecule has 142 valence electrons. The summed E-state index contributed by atoms with van der Waals surface area (Å²) in [4.78, 5) is 28.0. The number of fused-ring (bicyclic) bond motifs is 2. The van der Waals surface area contributed by atoms with Crippen LogP contribution in [0, 0.1) is 0 Å². The van der Waals surface area contributed by atoms with E-state index in [-0.39, 0.29) is 5.60 Å². The van der Waals surface area contributed by atoms with Gasteiger partial charge in [-0.1, -0.05) is 0 Å². The molecule has 1 aromatic rings. The van der Waals surface area contributed by atoms with Gasteiger partial charge in [-0.15, -0.1) is 11.8 Å². The van der Waals surface area contributed by atoms with Crippen molar-refractivity contribution in [2.75, 3.05) is 50.0 Å². The molecule has 2 saturated heterocycles. The number of carbonyl (C=O) groups is 2. The van der Waals surface area contributed by atoms with Gasteiger partial charge < -0.3 is 19.7 Å². The van der Waals surface area contributed by atoms with E-state index in [1.165, 1.54) is 11.8 Å². The summed E-state index contributed by atoms with van der Waals surface area (Å²) >= 11 is 1.49. The molecule has 0 aromatic heterocycles. The first-order valence-corrected chi connectivity index (χ1v) is 10.5. The molecule has 6 nitrogen and oxygen atoms in total. The number of thioether (sulfide) groups is 1. The number of ether oxygens (including phenoxy) is 2. The Hall–Kier alpha value is -1.83. The van der Waals surface area contributed by atoms with Crippen LogP contribution in [0.2, 0.25) is 0 Å². The van der Waals surface area contributed by atoms with Crippen LogP contribution in [0.4, 0.5) is 5.69 Å². The lowest BCUT2D eigenvalue weighted by Gasteiger charge is -2.43. The molecule has 0 atom stereocenters. The number of morpholine rings is 1. The zero-order valence-corrected chi connectivity index (χ0v) is 15.9. The number of nitrogens with one attached hydrogen (secondary N) is 1. The molecule has 7 heteroatoms. The van der Waals surface area contributed by atoms with Crippen molar-refractivity contribution in [2.24, 2.45) is 0 Å². The van der Waals surface area contributed by atoms with E-state index in [4.69, 9.17) is 9.47 Å². The number of nitrogens with zero attached hydrogens (tertiary/aromatic N) is 1. The number of carbonyl (C=O) groups excluding carboxylic acids is 2. The van der Waals surface area contributed by atoms with Crippen molar-refractivity contribution in [3.05, 3.63) is 34.2 Å². The fourth-order valence-electron chi connectivity index (χ4n) is 4.20. The monoisotopic (exact) mass is 386 g/mol. The number of ketones is 2. The van der Waals surface area contributed by atoms with Crippen LogP contribution in [-0.4, -0.2) is 62.3 Å². The Bertz CT molecular complexity index is 838. The average molecular weight is 386 g/mol. The Kier molecular flexibility index (Phi) is 4.26. The number of hydrogen-bond donors (Lipinski definition) is 1. The van der Waals surface area contributed by atoms with Gasteiger partial charge in [-0.2, -0.15) is 0 Å². The fourth-order valence-corrected chi connectivity index (χ4v) is 5.46. The summed E-state index contributed by atoms with van der Waals surface area (Å²) in [7, 11) is 0. The molecule has 3 heterocycles. The summed E-state index contributed by atoms with van der Waals surface area (Å²) in [5.41, 5.74) is 2.03. The smallest absolute Gasteiger partial charge is 0.243 e. The Balaban J connectivity index is 1.57. The highest BCUT2D eigenvalue weighted by Crippen LogP contribution is 2.47. The summed E-state index contributed by atoms with van der Waals surface area (Å²) in [6.45, 7) is 4.87. The quantitative estimate of drug-likeness (QED) is 0.739.